The van der Waals surface area contributed by atoms with Gasteiger partial charge < -0.3 is 10.2 Å². The number of hydrogen-bond donors (Lipinski definition) is 1. The van der Waals surface area contributed by atoms with E-state index in [-0.39, 0.29) is 12.4 Å². The first-order valence-electron chi connectivity index (χ1n) is 7.82. The van der Waals surface area contributed by atoms with E-state index in [0.29, 0.717) is 11.8 Å². The Kier molecular flexibility index (Phi) is 3.78. The first-order chi connectivity index (χ1) is 8.83. The molecule has 0 radical (unpaired) electrons. The second-order valence-electron chi connectivity index (χ2n) is 6.92. The fourth-order valence-corrected chi connectivity index (χ4v) is 4.22. The van der Waals surface area contributed by atoms with E-state index in [1.54, 1.807) is 0 Å². The molecule has 4 fully saturated rings. The summed E-state index contributed by atoms with van der Waals surface area (Å²) >= 11 is 0. The summed E-state index contributed by atoms with van der Waals surface area (Å²) in [6.07, 6.45) is 6.44. The van der Waals surface area contributed by atoms with Gasteiger partial charge in [0, 0.05) is 19.0 Å². The molecule has 2 heterocycles. The minimum atomic E-state index is 0. The molecule has 0 bridgehead atoms. The fraction of sp³-hybridized carbons (Fsp3) is 0.933. The second-order valence-corrected chi connectivity index (χ2v) is 6.92. The highest BCUT2D eigenvalue weighted by molar-refractivity contribution is 5.85. The normalized spacial score (nSPS) is 41.2. The molecule has 4 rings (SSSR count). The van der Waals surface area contributed by atoms with Crippen LogP contribution in [0.5, 0.6) is 0 Å². The highest BCUT2D eigenvalue weighted by Gasteiger charge is 2.52. The number of nitrogens with one attached hydrogen (secondary N) is 1. The van der Waals surface area contributed by atoms with Gasteiger partial charge in [0.2, 0.25) is 5.91 Å². The largest absolute Gasteiger partial charge is 0.342 e. The Morgan fingerprint density at radius 2 is 1.58 bits per heavy atom. The van der Waals surface area contributed by atoms with Gasteiger partial charge in [0.25, 0.3) is 0 Å². The first kappa shape index (κ1) is 13.7. The Hall–Kier alpha value is -0.280. The van der Waals surface area contributed by atoms with Crippen LogP contribution in [0.3, 0.4) is 0 Å². The van der Waals surface area contributed by atoms with E-state index in [0.717, 1.165) is 36.8 Å². The van der Waals surface area contributed by atoms with Crippen molar-refractivity contribution in [2.75, 3.05) is 26.2 Å². The van der Waals surface area contributed by atoms with E-state index in [1.807, 2.05) is 0 Å². The summed E-state index contributed by atoms with van der Waals surface area (Å²) in [6.45, 7) is 4.41. The lowest BCUT2D eigenvalue weighted by Crippen LogP contribution is -2.34. The number of amides is 1. The summed E-state index contributed by atoms with van der Waals surface area (Å²) in [5, 5.41) is 3.50. The average Bonchev–Trinajstić information content (AvgIpc) is 3.25. The molecule has 2 saturated heterocycles. The molecule has 3 nitrogen and oxygen atoms in total. The number of carbonyl (C=O) groups is 1. The van der Waals surface area contributed by atoms with Crippen LogP contribution in [-0.2, 0) is 4.79 Å². The van der Waals surface area contributed by atoms with Gasteiger partial charge in [-0.2, -0.15) is 0 Å². The molecular formula is C15H25ClN2O. The van der Waals surface area contributed by atoms with Crippen LogP contribution >= 0.6 is 12.4 Å². The van der Waals surface area contributed by atoms with Gasteiger partial charge in [0.1, 0.15) is 0 Å². The predicted molar refractivity (Wildman–Crippen MR) is 77.2 cm³/mol. The number of nitrogens with zero attached hydrogens (tertiary/aromatic N) is 1. The third-order valence-corrected chi connectivity index (χ3v) is 5.72. The number of fused-ring (bicyclic) bond motifs is 1. The molecule has 2 aliphatic carbocycles. The highest BCUT2D eigenvalue weighted by Crippen LogP contribution is 2.55. The van der Waals surface area contributed by atoms with Crippen molar-refractivity contribution in [1.82, 2.24) is 10.2 Å². The molecule has 4 heteroatoms. The molecule has 19 heavy (non-hydrogen) atoms. The van der Waals surface area contributed by atoms with Gasteiger partial charge in [-0.05, 0) is 68.9 Å². The Balaban J connectivity index is 0.00000110. The minimum Gasteiger partial charge on any atom is -0.342 e. The van der Waals surface area contributed by atoms with Crippen LogP contribution in [0, 0.1) is 29.6 Å². The van der Waals surface area contributed by atoms with Gasteiger partial charge in [-0.25, -0.2) is 0 Å². The van der Waals surface area contributed by atoms with Crippen LogP contribution in [-0.4, -0.2) is 37.0 Å². The summed E-state index contributed by atoms with van der Waals surface area (Å²) in [7, 11) is 0. The van der Waals surface area contributed by atoms with Crippen molar-refractivity contribution in [1.29, 1.82) is 0 Å². The van der Waals surface area contributed by atoms with Crippen molar-refractivity contribution in [3.63, 3.8) is 0 Å². The van der Waals surface area contributed by atoms with Gasteiger partial charge in [-0.1, -0.05) is 0 Å². The molecule has 0 aromatic heterocycles. The van der Waals surface area contributed by atoms with Crippen LogP contribution < -0.4 is 5.32 Å². The number of rotatable bonds is 2. The average molecular weight is 285 g/mol. The van der Waals surface area contributed by atoms with Crippen LogP contribution in [0.15, 0.2) is 0 Å². The highest BCUT2D eigenvalue weighted by atomic mass is 35.5. The van der Waals surface area contributed by atoms with E-state index < -0.39 is 0 Å². The van der Waals surface area contributed by atoms with E-state index in [4.69, 9.17) is 0 Å². The van der Waals surface area contributed by atoms with Gasteiger partial charge in [-0.3, -0.25) is 4.79 Å². The molecule has 108 valence electrons. The molecule has 0 aromatic carbocycles. The van der Waals surface area contributed by atoms with Crippen LogP contribution in [0.2, 0.25) is 0 Å². The topological polar surface area (TPSA) is 32.3 Å². The maximum absolute atomic E-state index is 12.5. The fourth-order valence-electron chi connectivity index (χ4n) is 4.22. The van der Waals surface area contributed by atoms with E-state index in [2.05, 4.69) is 10.2 Å². The van der Waals surface area contributed by atoms with Crippen LogP contribution in [0.4, 0.5) is 0 Å². The Morgan fingerprint density at radius 3 is 2.16 bits per heavy atom. The lowest BCUT2D eigenvalue weighted by Gasteiger charge is -2.21. The van der Waals surface area contributed by atoms with Crippen molar-refractivity contribution in [3.05, 3.63) is 0 Å². The molecule has 1 amide bonds. The van der Waals surface area contributed by atoms with Crippen molar-refractivity contribution in [2.24, 2.45) is 29.6 Å². The van der Waals surface area contributed by atoms with Crippen molar-refractivity contribution < 1.29 is 4.79 Å². The lowest BCUT2D eigenvalue weighted by atomic mass is 9.92. The summed E-state index contributed by atoms with van der Waals surface area (Å²) in [4.78, 5) is 14.7. The Bertz CT molecular complexity index is 344. The number of carbonyl (C=O) groups excluding carboxylic acids is 1. The quantitative estimate of drug-likeness (QED) is 0.840. The maximum Gasteiger partial charge on any atom is 0.225 e. The standard InChI is InChI=1S/C15H24N2O.ClH/c18-15(14-7-13(14)10-1-2-10)17-5-3-11-8-16-9-12(11)4-6-17;/h10-14,16H,1-9H2;1H/t11-,12+,13?,14?;. The molecular weight excluding hydrogens is 260 g/mol. The van der Waals surface area contributed by atoms with Crippen molar-refractivity contribution in [2.45, 2.75) is 32.1 Å². The molecule has 4 atom stereocenters. The van der Waals surface area contributed by atoms with Gasteiger partial charge in [0.15, 0.2) is 0 Å². The Labute approximate surface area is 121 Å². The van der Waals surface area contributed by atoms with E-state index in [9.17, 15) is 4.79 Å². The van der Waals surface area contributed by atoms with Crippen LogP contribution in [0.1, 0.15) is 32.1 Å². The number of likely N-dealkylation sites (tertiary alicyclic amines) is 1. The predicted octanol–water partition coefficient (Wildman–Crippen LogP) is 1.91. The minimum absolute atomic E-state index is 0. The zero-order chi connectivity index (χ0) is 12.1. The molecule has 0 aromatic rings. The Morgan fingerprint density at radius 1 is 0.947 bits per heavy atom. The smallest absolute Gasteiger partial charge is 0.225 e. The SMILES string of the molecule is Cl.O=C(C1CC1C1CC1)N1CC[C@@H]2CNC[C@@H]2CC1. The summed E-state index contributed by atoms with van der Waals surface area (Å²) in [5.41, 5.74) is 0. The molecule has 4 aliphatic rings. The second kappa shape index (κ2) is 5.25. The van der Waals surface area contributed by atoms with E-state index in [1.165, 1.54) is 45.2 Å². The molecule has 2 aliphatic heterocycles. The monoisotopic (exact) mass is 284 g/mol. The first-order valence-corrected chi connectivity index (χ1v) is 7.82. The van der Waals surface area contributed by atoms with Gasteiger partial charge in [-0.15, -0.1) is 12.4 Å². The summed E-state index contributed by atoms with van der Waals surface area (Å²) < 4.78 is 0. The van der Waals surface area contributed by atoms with E-state index >= 15 is 0 Å². The zero-order valence-corrected chi connectivity index (χ0v) is 12.3. The number of hydrogen-bond acceptors (Lipinski definition) is 2. The third-order valence-electron chi connectivity index (χ3n) is 5.72. The van der Waals surface area contributed by atoms with Gasteiger partial charge >= 0.3 is 0 Å². The van der Waals surface area contributed by atoms with Gasteiger partial charge in [0.05, 0.1) is 0 Å². The molecule has 1 N–H and O–H groups in total. The summed E-state index contributed by atoms with van der Waals surface area (Å²) in [5.74, 6) is 4.30. The third kappa shape index (κ3) is 2.64. The van der Waals surface area contributed by atoms with Crippen molar-refractivity contribution in [3.8, 4) is 0 Å². The molecule has 2 saturated carbocycles. The number of halogens is 1. The molecule has 2 unspecified atom stereocenters. The van der Waals surface area contributed by atoms with Crippen molar-refractivity contribution >= 4 is 18.3 Å². The summed E-state index contributed by atoms with van der Waals surface area (Å²) in [6, 6.07) is 0. The zero-order valence-electron chi connectivity index (χ0n) is 11.5. The molecule has 0 spiro atoms. The maximum atomic E-state index is 12.5. The lowest BCUT2D eigenvalue weighted by molar-refractivity contribution is -0.133. The van der Waals surface area contributed by atoms with Crippen LogP contribution in [0.25, 0.3) is 0 Å².